The highest BCUT2D eigenvalue weighted by Gasteiger charge is 2.18. The van der Waals surface area contributed by atoms with Crippen LogP contribution in [-0.2, 0) is 9.53 Å². The molecule has 1 saturated heterocycles. The van der Waals surface area contributed by atoms with E-state index >= 15 is 0 Å². The van der Waals surface area contributed by atoms with Gasteiger partial charge in [0, 0.05) is 6.61 Å². The third-order valence-electron chi connectivity index (χ3n) is 3.04. The highest BCUT2D eigenvalue weighted by atomic mass is 35.5. The lowest BCUT2D eigenvalue weighted by Gasteiger charge is -2.22. The third kappa shape index (κ3) is 3.68. The molecule has 1 fully saturated rings. The number of anilines is 1. The zero-order valence-corrected chi connectivity index (χ0v) is 11.2. The summed E-state index contributed by atoms with van der Waals surface area (Å²) >= 11 is 5.77. The van der Waals surface area contributed by atoms with E-state index in [-0.39, 0.29) is 12.0 Å². The number of aryl methyl sites for hydroxylation is 1. The molecule has 4 nitrogen and oxygen atoms in total. The molecule has 1 aliphatic rings. The fourth-order valence-corrected chi connectivity index (χ4v) is 2.24. The van der Waals surface area contributed by atoms with Crippen molar-refractivity contribution in [3.8, 4) is 0 Å². The van der Waals surface area contributed by atoms with E-state index in [1.54, 1.807) is 12.3 Å². The SMILES string of the molecule is Cc1cc(Cl)ncc1NC(=O)CC1CCCCO1. The quantitative estimate of drug-likeness (QED) is 0.858. The summed E-state index contributed by atoms with van der Waals surface area (Å²) in [5, 5.41) is 3.28. The van der Waals surface area contributed by atoms with Crippen LogP contribution in [0.4, 0.5) is 5.69 Å². The smallest absolute Gasteiger partial charge is 0.227 e. The molecule has 1 aromatic heterocycles. The summed E-state index contributed by atoms with van der Waals surface area (Å²) in [7, 11) is 0. The summed E-state index contributed by atoms with van der Waals surface area (Å²) in [4.78, 5) is 15.8. The largest absolute Gasteiger partial charge is 0.378 e. The Labute approximate surface area is 112 Å². The van der Waals surface area contributed by atoms with Crippen molar-refractivity contribution in [3.63, 3.8) is 0 Å². The topological polar surface area (TPSA) is 51.2 Å². The van der Waals surface area contributed by atoms with Crippen molar-refractivity contribution in [2.24, 2.45) is 0 Å². The number of amides is 1. The molecule has 1 amide bonds. The first-order valence-electron chi connectivity index (χ1n) is 6.19. The molecule has 0 aromatic carbocycles. The van der Waals surface area contributed by atoms with Gasteiger partial charge in [-0.15, -0.1) is 0 Å². The van der Waals surface area contributed by atoms with Gasteiger partial charge in [0.25, 0.3) is 0 Å². The number of aromatic nitrogens is 1. The van der Waals surface area contributed by atoms with Crippen LogP contribution >= 0.6 is 11.6 Å². The lowest BCUT2D eigenvalue weighted by molar-refractivity contribution is -0.119. The predicted octanol–water partition coefficient (Wildman–Crippen LogP) is 2.94. The Morgan fingerprint density at radius 1 is 1.61 bits per heavy atom. The minimum atomic E-state index is -0.0332. The van der Waals surface area contributed by atoms with E-state index < -0.39 is 0 Å². The maximum atomic E-state index is 11.9. The van der Waals surface area contributed by atoms with Gasteiger partial charge in [0.05, 0.1) is 24.4 Å². The number of halogens is 1. The summed E-state index contributed by atoms with van der Waals surface area (Å²) in [6, 6.07) is 1.73. The van der Waals surface area contributed by atoms with Crippen LogP contribution in [0.25, 0.3) is 0 Å². The number of carbonyl (C=O) groups is 1. The van der Waals surface area contributed by atoms with E-state index in [1.165, 1.54) is 0 Å². The van der Waals surface area contributed by atoms with Gasteiger partial charge in [-0.2, -0.15) is 0 Å². The van der Waals surface area contributed by atoms with Crippen LogP contribution in [0.15, 0.2) is 12.3 Å². The van der Waals surface area contributed by atoms with Crippen molar-refractivity contribution in [1.29, 1.82) is 0 Å². The first-order valence-corrected chi connectivity index (χ1v) is 6.56. The minimum absolute atomic E-state index is 0.0332. The van der Waals surface area contributed by atoms with Crippen molar-refractivity contribution in [3.05, 3.63) is 23.0 Å². The Hall–Kier alpha value is -1.13. The normalized spacial score (nSPS) is 19.6. The molecule has 18 heavy (non-hydrogen) atoms. The Morgan fingerprint density at radius 3 is 3.11 bits per heavy atom. The Morgan fingerprint density at radius 2 is 2.44 bits per heavy atom. The van der Waals surface area contributed by atoms with Gasteiger partial charge in [0.1, 0.15) is 5.15 Å². The standard InChI is InChI=1S/C13H17ClN2O2/c1-9-6-12(14)15-8-11(9)16-13(17)7-10-4-2-3-5-18-10/h6,8,10H,2-5,7H2,1H3,(H,16,17). The van der Waals surface area contributed by atoms with Gasteiger partial charge >= 0.3 is 0 Å². The molecule has 1 N–H and O–H groups in total. The van der Waals surface area contributed by atoms with Crippen LogP contribution in [0.5, 0.6) is 0 Å². The van der Waals surface area contributed by atoms with Crippen molar-refractivity contribution >= 4 is 23.2 Å². The Kier molecular flexibility index (Phi) is 4.55. The molecule has 0 bridgehead atoms. The number of nitrogens with one attached hydrogen (secondary N) is 1. The number of hydrogen-bond acceptors (Lipinski definition) is 3. The maximum Gasteiger partial charge on any atom is 0.227 e. The van der Waals surface area contributed by atoms with Gasteiger partial charge in [0.2, 0.25) is 5.91 Å². The predicted molar refractivity (Wildman–Crippen MR) is 70.8 cm³/mol. The monoisotopic (exact) mass is 268 g/mol. The van der Waals surface area contributed by atoms with Gasteiger partial charge in [0.15, 0.2) is 0 Å². The Bertz CT molecular complexity index is 431. The number of nitrogens with zero attached hydrogens (tertiary/aromatic N) is 1. The van der Waals surface area contributed by atoms with Gasteiger partial charge in [-0.3, -0.25) is 4.79 Å². The fourth-order valence-electron chi connectivity index (χ4n) is 2.03. The van der Waals surface area contributed by atoms with Gasteiger partial charge in [-0.25, -0.2) is 4.98 Å². The molecule has 2 rings (SSSR count). The number of pyridine rings is 1. The molecule has 5 heteroatoms. The second-order valence-electron chi connectivity index (χ2n) is 4.56. The second kappa shape index (κ2) is 6.16. The summed E-state index contributed by atoms with van der Waals surface area (Å²) in [5.41, 5.74) is 1.62. The van der Waals surface area contributed by atoms with Crippen LogP contribution in [0.1, 0.15) is 31.2 Å². The van der Waals surface area contributed by atoms with E-state index in [1.807, 2.05) is 6.92 Å². The highest BCUT2D eigenvalue weighted by molar-refractivity contribution is 6.29. The number of hydrogen-bond donors (Lipinski definition) is 1. The van der Waals surface area contributed by atoms with E-state index in [9.17, 15) is 4.79 Å². The van der Waals surface area contributed by atoms with E-state index in [0.717, 1.165) is 31.4 Å². The molecule has 1 aliphatic heterocycles. The van der Waals surface area contributed by atoms with Crippen molar-refractivity contribution in [2.75, 3.05) is 11.9 Å². The molecular weight excluding hydrogens is 252 g/mol. The number of ether oxygens (including phenoxy) is 1. The zero-order chi connectivity index (χ0) is 13.0. The van der Waals surface area contributed by atoms with Crippen LogP contribution in [-0.4, -0.2) is 23.6 Å². The average molecular weight is 269 g/mol. The molecule has 1 unspecified atom stereocenters. The van der Waals surface area contributed by atoms with Crippen LogP contribution in [0.3, 0.4) is 0 Å². The second-order valence-corrected chi connectivity index (χ2v) is 4.95. The molecular formula is C13H17ClN2O2. The van der Waals surface area contributed by atoms with Crippen molar-refractivity contribution in [2.45, 2.75) is 38.7 Å². The summed E-state index contributed by atoms with van der Waals surface area (Å²) < 4.78 is 5.54. The van der Waals surface area contributed by atoms with Crippen LogP contribution in [0, 0.1) is 6.92 Å². The van der Waals surface area contributed by atoms with Gasteiger partial charge < -0.3 is 10.1 Å². The molecule has 0 aliphatic carbocycles. The molecule has 1 aromatic rings. The first kappa shape index (κ1) is 13.3. The lowest BCUT2D eigenvalue weighted by atomic mass is 10.1. The lowest BCUT2D eigenvalue weighted by Crippen LogP contribution is -2.25. The van der Waals surface area contributed by atoms with E-state index in [2.05, 4.69) is 10.3 Å². The van der Waals surface area contributed by atoms with Crippen LogP contribution in [0.2, 0.25) is 5.15 Å². The first-order chi connectivity index (χ1) is 8.65. The summed E-state index contributed by atoms with van der Waals surface area (Å²) in [5.74, 6) is -0.0332. The van der Waals surface area contributed by atoms with E-state index in [0.29, 0.717) is 17.3 Å². The van der Waals surface area contributed by atoms with Gasteiger partial charge in [-0.05, 0) is 37.8 Å². The maximum absolute atomic E-state index is 11.9. The van der Waals surface area contributed by atoms with Crippen LogP contribution < -0.4 is 5.32 Å². The average Bonchev–Trinajstić information content (AvgIpc) is 2.34. The number of carbonyl (C=O) groups excluding carboxylic acids is 1. The fraction of sp³-hybridized carbons (Fsp3) is 0.538. The Balaban J connectivity index is 1.90. The van der Waals surface area contributed by atoms with Crippen molar-refractivity contribution < 1.29 is 9.53 Å². The number of rotatable bonds is 3. The van der Waals surface area contributed by atoms with E-state index in [4.69, 9.17) is 16.3 Å². The van der Waals surface area contributed by atoms with Crippen molar-refractivity contribution in [1.82, 2.24) is 4.98 Å². The third-order valence-corrected chi connectivity index (χ3v) is 3.25. The molecule has 2 heterocycles. The molecule has 0 spiro atoms. The summed E-state index contributed by atoms with van der Waals surface area (Å²) in [6.07, 6.45) is 5.24. The minimum Gasteiger partial charge on any atom is -0.378 e. The zero-order valence-electron chi connectivity index (χ0n) is 10.4. The molecule has 0 saturated carbocycles. The molecule has 98 valence electrons. The molecule has 1 atom stereocenters. The summed E-state index contributed by atoms with van der Waals surface area (Å²) in [6.45, 7) is 2.65. The van der Waals surface area contributed by atoms with Gasteiger partial charge in [-0.1, -0.05) is 11.6 Å². The molecule has 0 radical (unpaired) electrons. The highest BCUT2D eigenvalue weighted by Crippen LogP contribution is 2.19.